The topological polar surface area (TPSA) is 80.3 Å². The molecule has 0 aliphatic carbocycles. The molecular formula is C32H29O7P2+. The largest absolute Gasteiger partial charge is 0.805 e. The molecule has 41 heavy (non-hydrogen) atoms. The number of benzene rings is 5. The van der Waals surface area contributed by atoms with Crippen LogP contribution >= 0.6 is 16.1 Å². The zero-order valence-electron chi connectivity index (χ0n) is 22.5. The van der Waals surface area contributed by atoms with E-state index in [2.05, 4.69) is 0 Å². The molecule has 0 radical (unpaired) electrons. The summed E-state index contributed by atoms with van der Waals surface area (Å²) in [7, 11) is -6.09. The molecule has 0 aliphatic rings. The third-order valence-corrected chi connectivity index (χ3v) is 7.31. The van der Waals surface area contributed by atoms with Gasteiger partial charge in [0, 0.05) is 4.57 Å². The molecule has 0 aromatic heterocycles. The van der Waals surface area contributed by atoms with Gasteiger partial charge in [-0.25, -0.2) is 9.05 Å². The lowest BCUT2D eigenvalue weighted by Gasteiger charge is -2.19. The van der Waals surface area contributed by atoms with Gasteiger partial charge in [-0.1, -0.05) is 90.0 Å². The van der Waals surface area contributed by atoms with E-state index in [9.17, 15) is 9.13 Å². The molecule has 9 heteroatoms. The molecule has 0 saturated carbocycles. The number of rotatable bonds is 10. The zero-order chi connectivity index (χ0) is 28.9. The highest BCUT2D eigenvalue weighted by Gasteiger charge is 2.33. The summed E-state index contributed by atoms with van der Waals surface area (Å²) in [6.45, 7) is 3.94. The van der Waals surface area contributed by atoms with E-state index in [4.69, 9.17) is 22.6 Å². The van der Waals surface area contributed by atoms with E-state index >= 15 is 0 Å². The van der Waals surface area contributed by atoms with E-state index in [0.717, 1.165) is 11.1 Å². The molecule has 1 atom stereocenters. The van der Waals surface area contributed by atoms with Gasteiger partial charge >= 0.3 is 16.1 Å². The van der Waals surface area contributed by atoms with Gasteiger partial charge < -0.3 is 13.6 Å². The molecule has 0 aliphatic heterocycles. The maximum atomic E-state index is 13.1. The molecule has 0 spiro atoms. The van der Waals surface area contributed by atoms with Crippen molar-refractivity contribution in [1.29, 1.82) is 0 Å². The van der Waals surface area contributed by atoms with Crippen molar-refractivity contribution in [3.05, 3.63) is 151 Å². The molecular weight excluding hydrogens is 558 g/mol. The van der Waals surface area contributed by atoms with Crippen molar-refractivity contribution in [2.75, 3.05) is 0 Å². The number of phosphoric acid groups is 1. The van der Waals surface area contributed by atoms with Crippen LogP contribution in [0.4, 0.5) is 0 Å². The summed E-state index contributed by atoms with van der Waals surface area (Å²) in [5.74, 6) is 2.29. The van der Waals surface area contributed by atoms with Gasteiger partial charge in [-0.05, 0) is 74.5 Å². The van der Waals surface area contributed by atoms with Crippen LogP contribution in [0, 0.1) is 13.8 Å². The van der Waals surface area contributed by atoms with Crippen molar-refractivity contribution in [2.24, 2.45) is 0 Å². The standard InChI is InChI=1S/C19H17O4P.C13H12O3P/c1-16-12-14-19(15-13-16)23-24(20,21-17-8-4-2-5-9-17)22-18-10-6-3-7-11-18;1-11-7-9-13(10-8-11)16-17(14)15-12-5-3-2-4-6-12/h2-15H,1H3;2-10H,1H3/q;+1. The van der Waals surface area contributed by atoms with Crippen LogP contribution in [0.2, 0.25) is 0 Å². The fraction of sp³-hybridized carbons (Fsp3) is 0.0625. The van der Waals surface area contributed by atoms with Crippen molar-refractivity contribution >= 4 is 16.1 Å². The molecule has 0 fully saturated rings. The second-order valence-corrected chi connectivity index (χ2v) is 10.9. The Balaban J connectivity index is 0.000000201. The van der Waals surface area contributed by atoms with Crippen LogP contribution in [-0.2, 0) is 9.13 Å². The van der Waals surface area contributed by atoms with Crippen LogP contribution in [0.5, 0.6) is 28.7 Å². The molecule has 0 saturated heterocycles. The van der Waals surface area contributed by atoms with E-state index in [0.29, 0.717) is 28.7 Å². The van der Waals surface area contributed by atoms with Crippen LogP contribution in [0.3, 0.4) is 0 Å². The molecule has 5 aromatic rings. The summed E-state index contributed by atoms with van der Waals surface area (Å²) in [6.07, 6.45) is 0. The third kappa shape index (κ3) is 10.2. The first-order chi connectivity index (χ1) is 19.9. The van der Waals surface area contributed by atoms with Gasteiger partial charge in [0.15, 0.2) is 11.5 Å². The Morgan fingerprint density at radius 1 is 0.439 bits per heavy atom. The Labute approximate surface area is 240 Å². The number of aryl methyl sites for hydroxylation is 2. The molecule has 0 N–H and O–H groups in total. The maximum absolute atomic E-state index is 13.1. The van der Waals surface area contributed by atoms with Gasteiger partial charge in [-0.3, -0.25) is 0 Å². The molecule has 0 amide bonds. The third-order valence-electron chi connectivity index (χ3n) is 5.28. The molecule has 5 aromatic carbocycles. The van der Waals surface area contributed by atoms with Gasteiger partial charge in [-0.2, -0.15) is 4.57 Å². The van der Waals surface area contributed by atoms with Crippen molar-refractivity contribution < 1.29 is 31.7 Å². The van der Waals surface area contributed by atoms with E-state index in [1.807, 2.05) is 68.4 Å². The second kappa shape index (κ2) is 14.7. The lowest BCUT2D eigenvalue weighted by atomic mass is 10.2. The smallest absolute Gasteiger partial charge is 0.386 e. The summed E-state index contributed by atoms with van der Waals surface area (Å²) < 4.78 is 51.7. The minimum absolute atomic E-state index is 0.406. The van der Waals surface area contributed by atoms with Crippen LogP contribution < -0.4 is 22.6 Å². The molecule has 208 valence electrons. The maximum Gasteiger partial charge on any atom is 0.805 e. The number of phosphoric ester groups is 1. The highest BCUT2D eigenvalue weighted by atomic mass is 31.2. The van der Waals surface area contributed by atoms with Crippen molar-refractivity contribution in [1.82, 2.24) is 0 Å². The van der Waals surface area contributed by atoms with Gasteiger partial charge in [0.2, 0.25) is 0 Å². The zero-order valence-corrected chi connectivity index (χ0v) is 24.3. The van der Waals surface area contributed by atoms with Gasteiger partial charge in [0.1, 0.15) is 17.2 Å². The average Bonchev–Trinajstić information content (AvgIpc) is 2.97. The normalized spacial score (nSPS) is 10.8. The van der Waals surface area contributed by atoms with Crippen LogP contribution in [-0.4, -0.2) is 0 Å². The van der Waals surface area contributed by atoms with Crippen LogP contribution in [0.25, 0.3) is 0 Å². The summed E-state index contributed by atoms with van der Waals surface area (Å²) in [5, 5.41) is 0. The molecule has 1 unspecified atom stereocenters. The van der Waals surface area contributed by atoms with Gasteiger partial charge in [0.25, 0.3) is 0 Å². The first-order valence-corrected chi connectivity index (χ1v) is 15.2. The Morgan fingerprint density at radius 2 is 0.732 bits per heavy atom. The molecule has 5 rings (SSSR count). The summed E-state index contributed by atoms with van der Waals surface area (Å²) in [4.78, 5) is 0. The Bertz CT molecular complexity index is 1500. The fourth-order valence-electron chi connectivity index (χ4n) is 3.28. The lowest BCUT2D eigenvalue weighted by Crippen LogP contribution is -2.07. The van der Waals surface area contributed by atoms with Crippen molar-refractivity contribution in [2.45, 2.75) is 13.8 Å². The quantitative estimate of drug-likeness (QED) is 0.151. The van der Waals surface area contributed by atoms with Gasteiger partial charge in [0.05, 0.1) is 0 Å². The number of hydrogen-bond donors (Lipinski definition) is 0. The summed E-state index contributed by atoms with van der Waals surface area (Å²) in [6, 6.07) is 41.0. The minimum Gasteiger partial charge on any atom is -0.386 e. The predicted octanol–water partition coefficient (Wildman–Crippen LogP) is 9.75. The fourth-order valence-corrected chi connectivity index (χ4v) is 5.15. The average molecular weight is 588 g/mol. The SMILES string of the molecule is Cc1ccc(OP(=O)(Oc2ccccc2)Oc2ccccc2)cc1.Cc1ccc(O[P+](=O)Oc2ccccc2)cc1. The summed E-state index contributed by atoms with van der Waals surface area (Å²) in [5.41, 5.74) is 2.20. The molecule has 7 nitrogen and oxygen atoms in total. The van der Waals surface area contributed by atoms with E-state index in [-0.39, 0.29) is 0 Å². The monoisotopic (exact) mass is 587 g/mol. The van der Waals surface area contributed by atoms with Crippen molar-refractivity contribution in [3.63, 3.8) is 0 Å². The Hall–Kier alpha value is -4.57. The van der Waals surface area contributed by atoms with E-state index < -0.39 is 16.1 Å². The van der Waals surface area contributed by atoms with E-state index in [1.54, 1.807) is 84.9 Å². The van der Waals surface area contributed by atoms with Gasteiger partial charge in [-0.15, -0.1) is 0 Å². The predicted molar refractivity (Wildman–Crippen MR) is 160 cm³/mol. The highest BCUT2D eigenvalue weighted by molar-refractivity contribution is 7.49. The van der Waals surface area contributed by atoms with E-state index in [1.165, 1.54) is 0 Å². The first-order valence-electron chi connectivity index (χ1n) is 12.7. The first kappa shape index (κ1) is 29.4. The highest BCUT2D eigenvalue weighted by Crippen LogP contribution is 2.49. The summed E-state index contributed by atoms with van der Waals surface area (Å²) >= 11 is 0. The van der Waals surface area contributed by atoms with Crippen LogP contribution in [0.15, 0.2) is 140 Å². The second-order valence-electron chi connectivity index (χ2n) is 8.69. The Morgan fingerprint density at radius 3 is 1.12 bits per heavy atom. The number of para-hydroxylation sites is 3. The van der Waals surface area contributed by atoms with Crippen LogP contribution in [0.1, 0.15) is 11.1 Å². The Kier molecular flexibility index (Phi) is 10.6. The molecule has 0 heterocycles. The number of hydrogen-bond acceptors (Lipinski definition) is 7. The molecule has 0 bridgehead atoms. The van der Waals surface area contributed by atoms with Crippen molar-refractivity contribution in [3.8, 4) is 28.7 Å². The minimum atomic E-state index is -3.90. The lowest BCUT2D eigenvalue weighted by molar-refractivity contribution is 0.298.